The summed E-state index contributed by atoms with van der Waals surface area (Å²) in [7, 11) is 0. The van der Waals surface area contributed by atoms with E-state index in [1.807, 2.05) is 0 Å². The third kappa shape index (κ3) is 4.37. The number of amides is 1. The zero-order chi connectivity index (χ0) is 16.8. The van der Waals surface area contributed by atoms with E-state index in [0.29, 0.717) is 23.4 Å². The van der Waals surface area contributed by atoms with Gasteiger partial charge in [0.25, 0.3) is 5.91 Å². The van der Waals surface area contributed by atoms with E-state index in [1.165, 1.54) is 12.3 Å². The number of halogens is 1. The molecule has 0 unspecified atom stereocenters. The van der Waals surface area contributed by atoms with Gasteiger partial charge in [0, 0.05) is 11.3 Å². The Kier molecular flexibility index (Phi) is 5.43. The van der Waals surface area contributed by atoms with Crippen LogP contribution < -0.4 is 15.9 Å². The summed E-state index contributed by atoms with van der Waals surface area (Å²) in [5.41, 5.74) is 9.48. The average Bonchev–Trinajstić information content (AvgIpc) is 2.52. The predicted molar refractivity (Wildman–Crippen MR) is 90.2 cm³/mol. The van der Waals surface area contributed by atoms with Crippen LogP contribution in [0.1, 0.15) is 22.8 Å². The molecule has 0 aromatic heterocycles. The van der Waals surface area contributed by atoms with Crippen LogP contribution in [0.15, 0.2) is 41.5 Å². The van der Waals surface area contributed by atoms with Crippen LogP contribution in [0.2, 0.25) is 5.02 Å². The molecule has 2 rings (SSSR count). The number of hydrazone groups is 1. The summed E-state index contributed by atoms with van der Waals surface area (Å²) in [6.45, 7) is 2.18. The highest BCUT2D eigenvalue weighted by molar-refractivity contribution is 6.32. The second-order valence-corrected chi connectivity index (χ2v) is 5.01. The summed E-state index contributed by atoms with van der Waals surface area (Å²) in [5.74, 6) is -0.262. The van der Waals surface area contributed by atoms with Crippen LogP contribution in [-0.4, -0.2) is 23.8 Å². The van der Waals surface area contributed by atoms with Gasteiger partial charge >= 0.3 is 0 Å². The number of phenolic OH excluding ortho intramolecular Hbond substituents is 1. The third-order valence-corrected chi connectivity index (χ3v) is 3.17. The normalized spacial score (nSPS) is 10.7. The molecule has 0 saturated carbocycles. The molecular weight excluding hydrogens is 318 g/mol. The average molecular weight is 334 g/mol. The lowest BCUT2D eigenvalue weighted by molar-refractivity contribution is 0.0955. The standard InChI is InChI=1S/C16H16ClN3O3/c1-2-23-14-7-10(6-13(17)15(14)21)9-19-20-16(22)11-4-3-5-12(18)8-11/h3-9,21H,2,18H2,1H3,(H,20,22)/b19-9-. The van der Waals surface area contributed by atoms with E-state index >= 15 is 0 Å². The van der Waals surface area contributed by atoms with Crippen molar-refractivity contribution in [1.82, 2.24) is 5.43 Å². The molecule has 4 N–H and O–H groups in total. The lowest BCUT2D eigenvalue weighted by Gasteiger charge is -2.08. The van der Waals surface area contributed by atoms with Crippen molar-refractivity contribution in [2.75, 3.05) is 12.3 Å². The minimum atomic E-state index is -0.386. The molecule has 0 fully saturated rings. The fourth-order valence-electron chi connectivity index (χ4n) is 1.84. The number of nitrogens with two attached hydrogens (primary N) is 1. The van der Waals surface area contributed by atoms with Crippen molar-refractivity contribution in [3.63, 3.8) is 0 Å². The monoisotopic (exact) mass is 333 g/mol. The van der Waals surface area contributed by atoms with E-state index in [1.54, 1.807) is 37.3 Å². The number of carbonyl (C=O) groups excluding carboxylic acids is 1. The van der Waals surface area contributed by atoms with Gasteiger partial charge < -0.3 is 15.6 Å². The first-order chi connectivity index (χ1) is 11.0. The molecule has 0 radical (unpaired) electrons. The Bertz CT molecular complexity index is 747. The van der Waals surface area contributed by atoms with Gasteiger partial charge in [-0.2, -0.15) is 5.10 Å². The maximum Gasteiger partial charge on any atom is 0.271 e. The van der Waals surface area contributed by atoms with Crippen molar-refractivity contribution < 1.29 is 14.6 Å². The minimum absolute atomic E-state index is 0.130. The van der Waals surface area contributed by atoms with Crippen molar-refractivity contribution in [3.05, 3.63) is 52.5 Å². The van der Waals surface area contributed by atoms with Gasteiger partial charge in [-0.1, -0.05) is 17.7 Å². The zero-order valence-corrected chi connectivity index (χ0v) is 13.2. The molecular formula is C16H16ClN3O3. The highest BCUT2D eigenvalue weighted by Gasteiger charge is 2.09. The van der Waals surface area contributed by atoms with Gasteiger partial charge in [-0.15, -0.1) is 0 Å². The molecule has 2 aromatic carbocycles. The highest BCUT2D eigenvalue weighted by atomic mass is 35.5. The Morgan fingerprint density at radius 1 is 1.43 bits per heavy atom. The van der Waals surface area contributed by atoms with Gasteiger partial charge in [-0.05, 0) is 42.8 Å². The number of anilines is 1. The van der Waals surface area contributed by atoms with Gasteiger partial charge in [0.1, 0.15) is 0 Å². The number of hydrogen-bond acceptors (Lipinski definition) is 5. The molecule has 1 amide bonds. The Morgan fingerprint density at radius 2 is 2.22 bits per heavy atom. The van der Waals surface area contributed by atoms with Crippen molar-refractivity contribution in [3.8, 4) is 11.5 Å². The zero-order valence-electron chi connectivity index (χ0n) is 12.4. The number of benzene rings is 2. The Morgan fingerprint density at radius 3 is 2.91 bits per heavy atom. The molecule has 0 aliphatic heterocycles. The lowest BCUT2D eigenvalue weighted by Crippen LogP contribution is -2.17. The molecule has 0 bridgehead atoms. The van der Waals surface area contributed by atoms with E-state index in [-0.39, 0.29) is 22.4 Å². The van der Waals surface area contributed by atoms with Crippen molar-refractivity contribution in [2.24, 2.45) is 5.10 Å². The number of nitrogens with zero attached hydrogens (tertiary/aromatic N) is 1. The van der Waals surface area contributed by atoms with Gasteiger partial charge in [0.15, 0.2) is 11.5 Å². The van der Waals surface area contributed by atoms with E-state index in [2.05, 4.69) is 10.5 Å². The van der Waals surface area contributed by atoms with Gasteiger partial charge in [0.05, 0.1) is 17.8 Å². The first-order valence-electron chi connectivity index (χ1n) is 6.85. The van der Waals surface area contributed by atoms with Gasteiger partial charge in [-0.25, -0.2) is 5.43 Å². The highest BCUT2D eigenvalue weighted by Crippen LogP contribution is 2.34. The maximum atomic E-state index is 11.9. The fraction of sp³-hybridized carbons (Fsp3) is 0.125. The van der Waals surface area contributed by atoms with Crippen LogP contribution in [0.25, 0.3) is 0 Å². The molecule has 0 aliphatic carbocycles. The van der Waals surface area contributed by atoms with Crippen molar-refractivity contribution >= 4 is 29.4 Å². The van der Waals surface area contributed by atoms with Crippen LogP contribution in [0.3, 0.4) is 0 Å². The lowest BCUT2D eigenvalue weighted by atomic mass is 10.2. The number of phenols is 1. The molecule has 0 heterocycles. The third-order valence-electron chi connectivity index (χ3n) is 2.88. The van der Waals surface area contributed by atoms with E-state index in [4.69, 9.17) is 22.1 Å². The second-order valence-electron chi connectivity index (χ2n) is 4.61. The maximum absolute atomic E-state index is 11.9. The Hall–Kier alpha value is -2.73. The number of ether oxygens (including phenoxy) is 1. The van der Waals surface area contributed by atoms with Crippen molar-refractivity contribution in [2.45, 2.75) is 6.92 Å². The SMILES string of the molecule is CCOc1cc(/C=N\NC(=O)c2cccc(N)c2)cc(Cl)c1O. The van der Waals surface area contributed by atoms with Crippen LogP contribution >= 0.6 is 11.6 Å². The largest absolute Gasteiger partial charge is 0.503 e. The smallest absolute Gasteiger partial charge is 0.271 e. The Labute approximate surface area is 138 Å². The number of nitrogen functional groups attached to an aromatic ring is 1. The number of hydrogen-bond donors (Lipinski definition) is 3. The molecule has 23 heavy (non-hydrogen) atoms. The first-order valence-corrected chi connectivity index (χ1v) is 7.23. The summed E-state index contributed by atoms with van der Waals surface area (Å²) >= 11 is 5.92. The first kappa shape index (κ1) is 16.6. The predicted octanol–water partition coefficient (Wildman–Crippen LogP) is 2.79. The summed E-state index contributed by atoms with van der Waals surface area (Å²) in [6.07, 6.45) is 1.40. The number of carbonyl (C=O) groups is 1. The molecule has 0 saturated heterocycles. The molecule has 120 valence electrons. The molecule has 0 spiro atoms. The van der Waals surface area contributed by atoms with Crippen LogP contribution in [-0.2, 0) is 0 Å². The van der Waals surface area contributed by atoms with Crippen molar-refractivity contribution in [1.29, 1.82) is 0 Å². The van der Waals surface area contributed by atoms with E-state index in [9.17, 15) is 9.90 Å². The van der Waals surface area contributed by atoms with Crippen LogP contribution in [0.4, 0.5) is 5.69 Å². The van der Waals surface area contributed by atoms with Gasteiger partial charge in [0.2, 0.25) is 0 Å². The molecule has 0 aliphatic rings. The summed E-state index contributed by atoms with van der Waals surface area (Å²) in [4.78, 5) is 11.9. The molecule has 0 atom stereocenters. The Balaban J connectivity index is 2.10. The van der Waals surface area contributed by atoms with Gasteiger partial charge in [-0.3, -0.25) is 4.79 Å². The van der Waals surface area contributed by atoms with E-state index in [0.717, 1.165) is 0 Å². The quantitative estimate of drug-likeness (QED) is 0.445. The fourth-order valence-corrected chi connectivity index (χ4v) is 2.06. The van der Waals surface area contributed by atoms with E-state index < -0.39 is 0 Å². The number of rotatable bonds is 5. The molecule has 6 nitrogen and oxygen atoms in total. The number of nitrogens with one attached hydrogen (secondary N) is 1. The van der Waals surface area contributed by atoms with Crippen LogP contribution in [0, 0.1) is 0 Å². The summed E-state index contributed by atoms with van der Waals surface area (Å²) < 4.78 is 5.27. The summed E-state index contributed by atoms with van der Waals surface area (Å²) in [6, 6.07) is 9.63. The summed E-state index contributed by atoms with van der Waals surface area (Å²) in [5, 5.41) is 13.8. The van der Waals surface area contributed by atoms with Crippen LogP contribution in [0.5, 0.6) is 11.5 Å². The number of aromatic hydroxyl groups is 1. The second kappa shape index (κ2) is 7.51. The molecule has 7 heteroatoms. The topological polar surface area (TPSA) is 96.9 Å². The molecule has 2 aromatic rings. The minimum Gasteiger partial charge on any atom is -0.503 e.